The smallest absolute Gasteiger partial charge is 0.323 e. The topological polar surface area (TPSA) is 96.3 Å². The maximum absolute atomic E-state index is 12.3. The molecule has 0 atom stereocenters. The first-order valence-corrected chi connectivity index (χ1v) is 6.75. The molecule has 0 aliphatic heterocycles. The van der Waals surface area contributed by atoms with Gasteiger partial charge in [-0.15, -0.1) is 0 Å². The monoisotopic (exact) mass is 311 g/mol. The Hall–Kier alpha value is -2.44. The highest BCUT2D eigenvalue weighted by Crippen LogP contribution is 2.37. The number of ether oxygens (including phenoxy) is 2. The summed E-state index contributed by atoms with van der Waals surface area (Å²) in [6, 6.07) is 2.81. The SMILES string of the molecule is COc1cc(CC(=O)N(CC(=O)O)C(C)C)cc(OC)c1O. The van der Waals surface area contributed by atoms with E-state index in [2.05, 4.69) is 0 Å². The van der Waals surface area contributed by atoms with Crippen LogP contribution in [0.3, 0.4) is 0 Å². The molecule has 0 heterocycles. The summed E-state index contributed by atoms with van der Waals surface area (Å²) in [7, 11) is 2.79. The number of hydrogen-bond donors (Lipinski definition) is 2. The number of aromatic hydroxyl groups is 1. The van der Waals surface area contributed by atoms with Crippen LogP contribution in [0.5, 0.6) is 17.2 Å². The van der Waals surface area contributed by atoms with E-state index in [1.54, 1.807) is 13.8 Å². The summed E-state index contributed by atoms with van der Waals surface area (Å²) >= 11 is 0. The zero-order valence-corrected chi connectivity index (χ0v) is 13.1. The Morgan fingerprint density at radius 3 is 2.05 bits per heavy atom. The molecule has 1 aromatic carbocycles. The molecule has 7 nitrogen and oxygen atoms in total. The number of hydrogen-bond acceptors (Lipinski definition) is 5. The number of methoxy groups -OCH3 is 2. The van der Waals surface area contributed by atoms with Gasteiger partial charge in [0, 0.05) is 6.04 Å². The Balaban J connectivity index is 3.02. The van der Waals surface area contributed by atoms with Crippen LogP contribution < -0.4 is 9.47 Å². The van der Waals surface area contributed by atoms with Gasteiger partial charge in [-0.25, -0.2) is 0 Å². The van der Waals surface area contributed by atoms with E-state index in [0.29, 0.717) is 5.56 Å². The van der Waals surface area contributed by atoms with E-state index in [1.807, 2.05) is 0 Å². The van der Waals surface area contributed by atoms with Gasteiger partial charge in [0.15, 0.2) is 11.5 Å². The lowest BCUT2D eigenvalue weighted by Gasteiger charge is -2.25. The van der Waals surface area contributed by atoms with Gasteiger partial charge in [0.25, 0.3) is 0 Å². The summed E-state index contributed by atoms with van der Waals surface area (Å²) in [4.78, 5) is 24.4. The van der Waals surface area contributed by atoms with Crippen molar-refractivity contribution < 1.29 is 29.3 Å². The fourth-order valence-electron chi connectivity index (χ4n) is 2.03. The van der Waals surface area contributed by atoms with E-state index in [9.17, 15) is 14.7 Å². The van der Waals surface area contributed by atoms with E-state index >= 15 is 0 Å². The molecule has 0 radical (unpaired) electrons. The number of carboxylic acids is 1. The Bertz CT molecular complexity index is 530. The van der Waals surface area contributed by atoms with E-state index in [4.69, 9.17) is 14.6 Å². The molecular formula is C15H21NO6. The Morgan fingerprint density at radius 1 is 1.18 bits per heavy atom. The molecule has 1 amide bonds. The highest BCUT2D eigenvalue weighted by Gasteiger charge is 2.21. The van der Waals surface area contributed by atoms with E-state index in [-0.39, 0.29) is 42.2 Å². The number of aliphatic carboxylic acids is 1. The minimum atomic E-state index is -1.07. The van der Waals surface area contributed by atoms with Gasteiger partial charge in [0.2, 0.25) is 11.7 Å². The van der Waals surface area contributed by atoms with E-state index in [1.165, 1.54) is 31.3 Å². The normalized spacial score (nSPS) is 10.4. The van der Waals surface area contributed by atoms with Gasteiger partial charge in [-0.05, 0) is 31.5 Å². The number of nitrogens with zero attached hydrogens (tertiary/aromatic N) is 1. The maximum Gasteiger partial charge on any atom is 0.323 e. The lowest BCUT2D eigenvalue weighted by atomic mass is 10.1. The second-order valence-corrected chi connectivity index (χ2v) is 5.03. The number of carbonyl (C=O) groups is 2. The summed E-state index contributed by atoms with van der Waals surface area (Å²) in [5.41, 5.74) is 0.563. The predicted octanol–water partition coefficient (Wildman–Crippen LogP) is 1.27. The standard InChI is InChI=1S/C15H21NO6/c1-9(2)16(8-14(18)19)13(17)7-10-5-11(21-3)15(20)12(6-10)22-4/h5-6,9,20H,7-8H2,1-4H3,(H,18,19). The molecule has 2 N–H and O–H groups in total. The van der Waals surface area contributed by atoms with Gasteiger partial charge < -0.3 is 24.6 Å². The van der Waals surface area contributed by atoms with Crippen LogP contribution in [0.2, 0.25) is 0 Å². The highest BCUT2D eigenvalue weighted by atomic mass is 16.5. The Labute approximate surface area is 129 Å². The molecular weight excluding hydrogens is 290 g/mol. The summed E-state index contributed by atoms with van der Waals surface area (Å²) in [5, 5.41) is 18.7. The molecule has 1 aromatic rings. The van der Waals surface area contributed by atoms with Crippen molar-refractivity contribution in [1.82, 2.24) is 4.90 Å². The quantitative estimate of drug-likeness (QED) is 0.787. The third kappa shape index (κ3) is 4.28. The Kier molecular flexibility index (Phi) is 6.03. The molecule has 0 fully saturated rings. The van der Waals surface area contributed by atoms with Crippen molar-refractivity contribution in [3.8, 4) is 17.2 Å². The van der Waals surface area contributed by atoms with Crippen molar-refractivity contribution in [1.29, 1.82) is 0 Å². The minimum Gasteiger partial charge on any atom is -0.502 e. The number of phenols is 1. The van der Waals surface area contributed by atoms with Crippen LogP contribution in [0.25, 0.3) is 0 Å². The fourth-order valence-corrected chi connectivity index (χ4v) is 2.03. The molecule has 22 heavy (non-hydrogen) atoms. The van der Waals surface area contributed by atoms with Crippen molar-refractivity contribution in [2.24, 2.45) is 0 Å². The van der Waals surface area contributed by atoms with Gasteiger partial charge in [-0.3, -0.25) is 9.59 Å². The first-order chi connectivity index (χ1) is 10.3. The molecule has 0 aliphatic rings. The summed E-state index contributed by atoms with van der Waals surface area (Å²) < 4.78 is 10.1. The van der Waals surface area contributed by atoms with Crippen molar-refractivity contribution >= 4 is 11.9 Å². The van der Waals surface area contributed by atoms with Crippen molar-refractivity contribution in [3.05, 3.63) is 17.7 Å². The van der Waals surface area contributed by atoms with Gasteiger partial charge in [0.1, 0.15) is 6.54 Å². The summed E-state index contributed by atoms with van der Waals surface area (Å²) in [6.07, 6.45) is -0.0154. The summed E-state index contributed by atoms with van der Waals surface area (Å²) in [6.45, 7) is 3.14. The summed E-state index contributed by atoms with van der Waals surface area (Å²) in [5.74, 6) is -1.16. The van der Waals surface area contributed by atoms with Gasteiger partial charge >= 0.3 is 5.97 Å². The lowest BCUT2D eigenvalue weighted by molar-refractivity contribution is -0.145. The van der Waals surface area contributed by atoms with Gasteiger partial charge in [-0.2, -0.15) is 0 Å². The van der Waals surface area contributed by atoms with E-state index in [0.717, 1.165) is 0 Å². The van der Waals surface area contributed by atoms with Crippen LogP contribution in [0.15, 0.2) is 12.1 Å². The highest BCUT2D eigenvalue weighted by molar-refractivity contribution is 5.83. The molecule has 0 spiro atoms. The molecule has 0 aliphatic carbocycles. The van der Waals surface area contributed by atoms with Crippen LogP contribution >= 0.6 is 0 Å². The number of carbonyl (C=O) groups excluding carboxylic acids is 1. The first kappa shape index (κ1) is 17.6. The van der Waals surface area contributed by atoms with Crippen molar-refractivity contribution in [2.75, 3.05) is 20.8 Å². The molecule has 0 aromatic heterocycles. The first-order valence-electron chi connectivity index (χ1n) is 6.75. The number of carboxylic acid groups (broad SMARTS) is 1. The zero-order valence-electron chi connectivity index (χ0n) is 13.1. The molecule has 1 rings (SSSR count). The predicted molar refractivity (Wildman–Crippen MR) is 79.4 cm³/mol. The number of rotatable bonds is 7. The number of amides is 1. The van der Waals surface area contributed by atoms with Crippen LogP contribution in [0.4, 0.5) is 0 Å². The fraction of sp³-hybridized carbons (Fsp3) is 0.467. The molecule has 7 heteroatoms. The largest absolute Gasteiger partial charge is 0.502 e. The average molecular weight is 311 g/mol. The molecule has 122 valence electrons. The average Bonchev–Trinajstić information content (AvgIpc) is 2.45. The van der Waals surface area contributed by atoms with Gasteiger partial charge in [-0.1, -0.05) is 0 Å². The third-order valence-corrected chi connectivity index (χ3v) is 3.14. The second-order valence-electron chi connectivity index (χ2n) is 5.03. The second kappa shape index (κ2) is 7.53. The molecule has 0 unspecified atom stereocenters. The molecule has 0 bridgehead atoms. The van der Waals surface area contributed by atoms with Crippen LogP contribution in [-0.4, -0.2) is 53.8 Å². The zero-order chi connectivity index (χ0) is 16.9. The van der Waals surface area contributed by atoms with Crippen molar-refractivity contribution in [2.45, 2.75) is 26.3 Å². The Morgan fingerprint density at radius 2 is 1.68 bits per heavy atom. The minimum absolute atomic E-state index is 0.0154. The van der Waals surface area contributed by atoms with Crippen LogP contribution in [0.1, 0.15) is 19.4 Å². The molecule has 0 saturated heterocycles. The maximum atomic E-state index is 12.3. The van der Waals surface area contributed by atoms with E-state index < -0.39 is 5.97 Å². The lowest BCUT2D eigenvalue weighted by Crippen LogP contribution is -2.41. The van der Waals surface area contributed by atoms with Crippen LogP contribution in [-0.2, 0) is 16.0 Å². The number of phenolic OH excluding ortho intramolecular Hbond substituents is 1. The molecule has 0 saturated carbocycles. The van der Waals surface area contributed by atoms with Gasteiger partial charge in [0.05, 0.1) is 20.6 Å². The number of benzene rings is 1. The van der Waals surface area contributed by atoms with Crippen molar-refractivity contribution in [3.63, 3.8) is 0 Å². The van der Waals surface area contributed by atoms with Crippen LogP contribution in [0, 0.1) is 0 Å². The third-order valence-electron chi connectivity index (χ3n) is 3.14.